The van der Waals surface area contributed by atoms with Crippen molar-refractivity contribution < 1.29 is 0 Å². The van der Waals surface area contributed by atoms with Crippen molar-refractivity contribution in [1.29, 1.82) is 0 Å². The summed E-state index contributed by atoms with van der Waals surface area (Å²) in [5.74, 6) is 0. The van der Waals surface area contributed by atoms with E-state index in [-0.39, 0.29) is 0 Å². The Bertz CT molecular complexity index is 398. The molecule has 0 fully saturated rings. The Labute approximate surface area is 191 Å². The van der Waals surface area contributed by atoms with E-state index < -0.39 is 0 Å². The van der Waals surface area contributed by atoms with Gasteiger partial charge in [0, 0.05) is 0 Å². The first-order valence-electron chi connectivity index (χ1n) is 13.9. The van der Waals surface area contributed by atoms with Crippen LogP contribution in [0.15, 0.2) is 36.0 Å². The van der Waals surface area contributed by atoms with Gasteiger partial charge in [-0.1, -0.05) is 147 Å². The van der Waals surface area contributed by atoms with Crippen LogP contribution in [0.3, 0.4) is 0 Å². The Morgan fingerprint density at radius 2 is 0.733 bits per heavy atom. The van der Waals surface area contributed by atoms with Crippen molar-refractivity contribution in [3.05, 3.63) is 36.0 Å². The van der Waals surface area contributed by atoms with Gasteiger partial charge in [-0.25, -0.2) is 0 Å². The van der Waals surface area contributed by atoms with Gasteiger partial charge in [-0.2, -0.15) is 0 Å². The first kappa shape index (κ1) is 29.2. The first-order valence-corrected chi connectivity index (χ1v) is 13.9. The van der Waals surface area contributed by atoms with Crippen LogP contribution in [0.25, 0.3) is 0 Å². The minimum absolute atomic E-state index is 1.24. The molecule has 0 aliphatic heterocycles. The lowest BCUT2D eigenvalue weighted by Gasteiger charge is -2.01. The second kappa shape index (κ2) is 26.3. The molecule has 0 heteroatoms. The van der Waals surface area contributed by atoms with Crippen molar-refractivity contribution >= 4 is 0 Å². The molecule has 0 aromatic carbocycles. The Morgan fingerprint density at radius 1 is 0.400 bits per heavy atom. The molecule has 0 aliphatic carbocycles. The minimum Gasteiger partial charge on any atom is -0.0840 e. The van der Waals surface area contributed by atoms with Crippen LogP contribution in [-0.2, 0) is 0 Å². The lowest BCUT2D eigenvalue weighted by molar-refractivity contribution is 0.577. The van der Waals surface area contributed by atoms with Crippen LogP contribution in [0, 0.1) is 0 Å². The molecule has 0 spiro atoms. The fraction of sp³-hybridized carbons (Fsp3) is 0.800. The zero-order chi connectivity index (χ0) is 22.0. The highest BCUT2D eigenvalue weighted by Gasteiger charge is 1.93. The van der Waals surface area contributed by atoms with Crippen molar-refractivity contribution in [2.24, 2.45) is 0 Å². The molecular formula is C30H56. The normalized spacial score (nSPS) is 12.6. The van der Waals surface area contributed by atoms with Gasteiger partial charge in [-0.05, 0) is 44.1 Å². The Kier molecular flexibility index (Phi) is 25.6. The molecule has 0 aromatic rings. The maximum absolute atomic E-state index is 2.48. The molecule has 0 saturated carbocycles. The predicted octanol–water partition coefficient (Wildman–Crippen LogP) is 11.3. The Balaban J connectivity index is 4.14. The van der Waals surface area contributed by atoms with Gasteiger partial charge in [-0.3, -0.25) is 0 Å². The fourth-order valence-corrected chi connectivity index (χ4v) is 3.91. The fourth-order valence-electron chi connectivity index (χ4n) is 3.91. The molecule has 0 atom stereocenters. The highest BCUT2D eigenvalue weighted by Crippen LogP contribution is 2.13. The smallest absolute Gasteiger partial charge is 0.0303 e. The van der Waals surface area contributed by atoms with Gasteiger partial charge in [0.05, 0.1) is 0 Å². The van der Waals surface area contributed by atoms with Crippen LogP contribution >= 0.6 is 0 Å². The summed E-state index contributed by atoms with van der Waals surface area (Å²) in [4.78, 5) is 0. The zero-order valence-electron chi connectivity index (χ0n) is 21.2. The van der Waals surface area contributed by atoms with E-state index in [1.54, 1.807) is 0 Å². The molecule has 0 aliphatic rings. The van der Waals surface area contributed by atoms with E-state index in [2.05, 4.69) is 51.2 Å². The third-order valence-corrected chi connectivity index (χ3v) is 6.01. The van der Waals surface area contributed by atoms with Gasteiger partial charge in [0.25, 0.3) is 0 Å². The van der Waals surface area contributed by atoms with E-state index in [0.717, 1.165) is 0 Å². The summed E-state index contributed by atoms with van der Waals surface area (Å²) < 4.78 is 0. The summed E-state index contributed by atoms with van der Waals surface area (Å²) in [6.07, 6.45) is 40.8. The van der Waals surface area contributed by atoms with Crippen LogP contribution in [0.4, 0.5) is 0 Å². The second-order valence-corrected chi connectivity index (χ2v) is 9.18. The summed E-state index contributed by atoms with van der Waals surface area (Å²) >= 11 is 0. The molecule has 0 radical (unpaired) electrons. The molecule has 0 heterocycles. The van der Waals surface area contributed by atoms with Crippen molar-refractivity contribution in [1.82, 2.24) is 0 Å². The average molecular weight is 417 g/mol. The molecule has 0 bridgehead atoms. The third kappa shape index (κ3) is 23.5. The summed E-state index contributed by atoms with van der Waals surface area (Å²) in [5, 5.41) is 0. The molecule has 0 unspecified atom stereocenters. The maximum Gasteiger partial charge on any atom is -0.0303 e. The van der Waals surface area contributed by atoms with E-state index in [1.165, 1.54) is 140 Å². The standard InChI is InChI=1S/C30H56/c1-4-7-10-13-16-18-20-23-26-29-30(27-24-21-15-12-9-6-3)28-25-22-19-17-14-11-8-5-2/h24-25,27-29H,4-23,26H2,1-3H3. The SMILES string of the molecule is CCCCCCC=CC(C=CCCCCCCCC)=CCCCCCCCCCC. The lowest BCUT2D eigenvalue weighted by atomic mass is 10.1. The topological polar surface area (TPSA) is 0 Å². The Hall–Kier alpha value is -0.780. The number of rotatable bonds is 23. The third-order valence-electron chi connectivity index (χ3n) is 6.01. The summed E-state index contributed by atoms with van der Waals surface area (Å²) in [6, 6.07) is 0. The van der Waals surface area contributed by atoms with Gasteiger partial charge in [-0.15, -0.1) is 0 Å². The minimum atomic E-state index is 1.24. The molecule has 176 valence electrons. The molecule has 0 nitrogen and oxygen atoms in total. The van der Waals surface area contributed by atoms with Gasteiger partial charge in [0.1, 0.15) is 0 Å². The van der Waals surface area contributed by atoms with Gasteiger partial charge in [0.2, 0.25) is 0 Å². The van der Waals surface area contributed by atoms with Crippen molar-refractivity contribution in [3.8, 4) is 0 Å². The maximum atomic E-state index is 2.48. The summed E-state index contributed by atoms with van der Waals surface area (Å²) in [6.45, 7) is 6.88. The molecule has 30 heavy (non-hydrogen) atoms. The van der Waals surface area contributed by atoms with E-state index in [1.807, 2.05) is 0 Å². The molecule has 0 rings (SSSR count). The largest absolute Gasteiger partial charge is 0.0840 e. The molecule has 0 N–H and O–H groups in total. The molecule has 0 amide bonds. The summed E-state index contributed by atoms with van der Waals surface area (Å²) in [7, 11) is 0. The second-order valence-electron chi connectivity index (χ2n) is 9.18. The monoisotopic (exact) mass is 416 g/mol. The van der Waals surface area contributed by atoms with Crippen LogP contribution in [0.5, 0.6) is 0 Å². The van der Waals surface area contributed by atoms with E-state index >= 15 is 0 Å². The highest BCUT2D eigenvalue weighted by atomic mass is 14.0. The Morgan fingerprint density at radius 3 is 1.17 bits per heavy atom. The van der Waals surface area contributed by atoms with Crippen molar-refractivity contribution in [2.45, 2.75) is 156 Å². The number of unbranched alkanes of at least 4 members (excludes halogenated alkanes) is 18. The number of hydrogen-bond donors (Lipinski definition) is 0. The number of allylic oxidation sites excluding steroid dienone is 6. The van der Waals surface area contributed by atoms with Crippen LogP contribution in [0.1, 0.15) is 156 Å². The van der Waals surface area contributed by atoms with Gasteiger partial charge < -0.3 is 0 Å². The van der Waals surface area contributed by atoms with Crippen LogP contribution < -0.4 is 0 Å². The van der Waals surface area contributed by atoms with Gasteiger partial charge >= 0.3 is 0 Å². The van der Waals surface area contributed by atoms with E-state index in [0.29, 0.717) is 0 Å². The first-order chi connectivity index (χ1) is 14.8. The van der Waals surface area contributed by atoms with Crippen molar-refractivity contribution in [3.63, 3.8) is 0 Å². The van der Waals surface area contributed by atoms with E-state index in [4.69, 9.17) is 0 Å². The van der Waals surface area contributed by atoms with Crippen molar-refractivity contribution in [2.75, 3.05) is 0 Å². The quantitative estimate of drug-likeness (QED) is 0.115. The van der Waals surface area contributed by atoms with Crippen LogP contribution in [0.2, 0.25) is 0 Å². The van der Waals surface area contributed by atoms with Crippen LogP contribution in [-0.4, -0.2) is 0 Å². The summed E-state index contributed by atoms with van der Waals surface area (Å²) in [5.41, 5.74) is 1.44. The molecule has 0 saturated heterocycles. The molecule has 0 aromatic heterocycles. The predicted molar refractivity (Wildman–Crippen MR) is 140 cm³/mol. The zero-order valence-corrected chi connectivity index (χ0v) is 21.2. The average Bonchev–Trinajstić information content (AvgIpc) is 2.76. The lowest BCUT2D eigenvalue weighted by Crippen LogP contribution is -1.81. The van der Waals surface area contributed by atoms with E-state index in [9.17, 15) is 0 Å². The number of hydrogen-bond acceptors (Lipinski definition) is 0. The van der Waals surface area contributed by atoms with Gasteiger partial charge in [0.15, 0.2) is 0 Å². The highest BCUT2D eigenvalue weighted by molar-refractivity contribution is 5.30. The molecular weight excluding hydrogens is 360 g/mol.